The Labute approximate surface area is 137 Å². The zero-order valence-corrected chi connectivity index (χ0v) is 15.0. The Morgan fingerprint density at radius 1 is 1.14 bits per heavy atom. The summed E-state index contributed by atoms with van der Waals surface area (Å²) < 4.78 is 51.4. The summed E-state index contributed by atoms with van der Waals surface area (Å²) in [7, 11) is -4.30. The van der Waals surface area contributed by atoms with Crippen molar-refractivity contribution in [2.24, 2.45) is 0 Å². The van der Waals surface area contributed by atoms with Crippen LogP contribution in [-0.2, 0) is 26.8 Å². The molecule has 0 amide bonds. The summed E-state index contributed by atoms with van der Waals surface area (Å²) in [6.07, 6.45) is 1.07. The lowest BCUT2D eigenvalue weighted by atomic mass is 10.2. The van der Waals surface area contributed by atoms with Gasteiger partial charge in [0, 0.05) is 38.8 Å². The molecule has 1 N–H and O–H groups in total. The second-order valence-electron chi connectivity index (χ2n) is 4.87. The molecule has 126 valence electrons. The summed E-state index contributed by atoms with van der Waals surface area (Å²) in [6.45, 7) is 0.0668. The first kappa shape index (κ1) is 19.3. The molecule has 0 atom stereocenters. The van der Waals surface area contributed by atoms with Crippen molar-refractivity contribution in [1.29, 1.82) is 0 Å². The number of benzene rings is 1. The third-order valence-electron chi connectivity index (χ3n) is 2.90. The van der Waals surface area contributed by atoms with Crippen molar-refractivity contribution in [3.05, 3.63) is 34.9 Å². The first-order valence-corrected chi connectivity index (χ1v) is 10.1. The number of nitrogens with one attached hydrogen (secondary N) is 1. The number of nitrogens with zero attached hydrogens (tertiary/aromatic N) is 2. The van der Waals surface area contributed by atoms with E-state index in [1.165, 1.54) is 18.4 Å². The summed E-state index contributed by atoms with van der Waals surface area (Å²) in [5.74, 6) is 0. The van der Waals surface area contributed by atoms with Gasteiger partial charge in [0.25, 0.3) is 10.2 Å². The van der Waals surface area contributed by atoms with E-state index in [0.29, 0.717) is 10.6 Å². The number of sulfonamides is 1. The molecule has 0 fully saturated rings. The fourth-order valence-electron chi connectivity index (χ4n) is 1.61. The second kappa shape index (κ2) is 7.71. The predicted octanol–water partition coefficient (Wildman–Crippen LogP) is 0.498. The van der Waals surface area contributed by atoms with Crippen molar-refractivity contribution >= 4 is 31.8 Å². The predicted molar refractivity (Wildman–Crippen MR) is 87.3 cm³/mol. The van der Waals surface area contributed by atoms with E-state index in [4.69, 9.17) is 11.6 Å². The molecule has 0 unspecified atom stereocenters. The summed E-state index contributed by atoms with van der Waals surface area (Å²) in [5.41, 5.74) is 0.657. The molecule has 0 radical (unpaired) electrons. The zero-order chi connectivity index (χ0) is 17.0. The molecule has 0 bridgehead atoms. The van der Waals surface area contributed by atoms with E-state index in [9.17, 15) is 16.8 Å². The lowest BCUT2D eigenvalue weighted by molar-refractivity contribution is 0.409. The first-order valence-electron chi connectivity index (χ1n) is 6.39. The van der Waals surface area contributed by atoms with Gasteiger partial charge in [-0.3, -0.25) is 0 Å². The molecule has 0 heterocycles. The minimum Gasteiger partial charge on any atom is -0.212 e. The highest BCUT2D eigenvalue weighted by molar-refractivity contribution is 7.88. The van der Waals surface area contributed by atoms with Crippen molar-refractivity contribution in [3.8, 4) is 0 Å². The molecule has 1 aromatic rings. The van der Waals surface area contributed by atoms with Crippen LogP contribution in [0.15, 0.2) is 24.3 Å². The Morgan fingerprint density at radius 2 is 1.73 bits per heavy atom. The van der Waals surface area contributed by atoms with Gasteiger partial charge >= 0.3 is 0 Å². The van der Waals surface area contributed by atoms with E-state index < -0.39 is 20.2 Å². The SMILES string of the molecule is CN(C)S(=O)(=O)NCCN(Cc1ccccc1Cl)S(C)(=O)=O. The van der Waals surface area contributed by atoms with Crippen LogP contribution in [0.25, 0.3) is 0 Å². The van der Waals surface area contributed by atoms with Crippen LogP contribution in [0.4, 0.5) is 0 Å². The minimum absolute atomic E-state index is 0.0110. The molecule has 10 heteroatoms. The number of hydrogen-bond acceptors (Lipinski definition) is 4. The van der Waals surface area contributed by atoms with Gasteiger partial charge in [-0.25, -0.2) is 13.1 Å². The maximum absolute atomic E-state index is 11.8. The molecule has 22 heavy (non-hydrogen) atoms. The average molecular weight is 370 g/mol. The molecule has 0 saturated carbocycles. The molecule has 1 rings (SSSR count). The van der Waals surface area contributed by atoms with Crippen LogP contribution in [0, 0.1) is 0 Å². The van der Waals surface area contributed by atoms with E-state index in [-0.39, 0.29) is 19.6 Å². The van der Waals surface area contributed by atoms with Gasteiger partial charge < -0.3 is 0 Å². The molecule has 1 aromatic carbocycles. The molecule has 0 aliphatic carbocycles. The Morgan fingerprint density at radius 3 is 2.23 bits per heavy atom. The van der Waals surface area contributed by atoms with Crippen molar-refractivity contribution in [2.75, 3.05) is 33.4 Å². The fraction of sp³-hybridized carbons (Fsp3) is 0.500. The van der Waals surface area contributed by atoms with Gasteiger partial charge in [-0.15, -0.1) is 0 Å². The van der Waals surface area contributed by atoms with Crippen molar-refractivity contribution in [2.45, 2.75) is 6.54 Å². The van der Waals surface area contributed by atoms with Crippen molar-refractivity contribution in [1.82, 2.24) is 13.3 Å². The van der Waals surface area contributed by atoms with Crippen molar-refractivity contribution in [3.63, 3.8) is 0 Å². The van der Waals surface area contributed by atoms with Crippen LogP contribution in [0.1, 0.15) is 5.56 Å². The molecule has 0 saturated heterocycles. The average Bonchev–Trinajstić information content (AvgIpc) is 2.38. The number of halogens is 1. The van der Waals surface area contributed by atoms with E-state index in [1.807, 2.05) is 0 Å². The summed E-state index contributed by atoms with van der Waals surface area (Å²) >= 11 is 6.03. The third-order valence-corrected chi connectivity index (χ3v) is 6.05. The van der Waals surface area contributed by atoms with Crippen molar-refractivity contribution < 1.29 is 16.8 Å². The maximum Gasteiger partial charge on any atom is 0.278 e. The van der Waals surface area contributed by atoms with E-state index in [1.54, 1.807) is 24.3 Å². The molecule has 0 aliphatic heterocycles. The lowest BCUT2D eigenvalue weighted by Crippen LogP contribution is -2.41. The van der Waals surface area contributed by atoms with E-state index in [0.717, 1.165) is 10.6 Å². The van der Waals surface area contributed by atoms with Gasteiger partial charge in [0.05, 0.1) is 6.26 Å². The highest BCUT2D eigenvalue weighted by atomic mass is 35.5. The fourth-order valence-corrected chi connectivity index (χ4v) is 3.21. The van der Waals surface area contributed by atoms with Crippen LogP contribution < -0.4 is 4.72 Å². The molecule has 0 aromatic heterocycles. The van der Waals surface area contributed by atoms with Gasteiger partial charge in [0.15, 0.2) is 0 Å². The summed E-state index contributed by atoms with van der Waals surface area (Å²) in [5, 5.41) is 0.463. The largest absolute Gasteiger partial charge is 0.278 e. The Bertz CT molecular complexity index is 705. The number of hydrogen-bond donors (Lipinski definition) is 1. The van der Waals surface area contributed by atoms with Gasteiger partial charge in [-0.2, -0.15) is 17.0 Å². The van der Waals surface area contributed by atoms with Crippen LogP contribution in [0.5, 0.6) is 0 Å². The highest BCUT2D eigenvalue weighted by Gasteiger charge is 2.19. The zero-order valence-electron chi connectivity index (χ0n) is 12.7. The van der Waals surface area contributed by atoms with Crippen LogP contribution in [0.2, 0.25) is 5.02 Å². The third kappa shape index (κ3) is 5.82. The van der Waals surface area contributed by atoms with E-state index >= 15 is 0 Å². The van der Waals surface area contributed by atoms with Crippen LogP contribution in [0.3, 0.4) is 0 Å². The van der Waals surface area contributed by atoms with Gasteiger partial charge in [-0.1, -0.05) is 29.8 Å². The normalized spacial score (nSPS) is 13.0. The second-order valence-corrected chi connectivity index (χ2v) is 9.23. The van der Waals surface area contributed by atoms with Gasteiger partial charge in [0.2, 0.25) is 10.0 Å². The minimum atomic E-state index is -3.58. The smallest absolute Gasteiger partial charge is 0.212 e. The Balaban J connectivity index is 2.78. The molecule has 7 nitrogen and oxygen atoms in total. The maximum atomic E-state index is 11.8. The number of rotatable bonds is 8. The Hall–Kier alpha value is -0.710. The molecular formula is C12H20ClN3O4S2. The topological polar surface area (TPSA) is 86.8 Å². The Kier molecular flexibility index (Phi) is 6.78. The monoisotopic (exact) mass is 369 g/mol. The van der Waals surface area contributed by atoms with Crippen LogP contribution >= 0.6 is 11.6 Å². The summed E-state index contributed by atoms with van der Waals surface area (Å²) in [4.78, 5) is 0. The van der Waals surface area contributed by atoms with Gasteiger partial charge in [0.1, 0.15) is 0 Å². The molecule has 0 spiro atoms. The van der Waals surface area contributed by atoms with Gasteiger partial charge in [-0.05, 0) is 11.6 Å². The summed E-state index contributed by atoms with van der Waals surface area (Å²) in [6, 6.07) is 6.91. The highest BCUT2D eigenvalue weighted by Crippen LogP contribution is 2.18. The van der Waals surface area contributed by atoms with E-state index in [2.05, 4.69) is 4.72 Å². The molecular weight excluding hydrogens is 350 g/mol. The molecule has 0 aliphatic rings. The lowest BCUT2D eigenvalue weighted by Gasteiger charge is -2.21. The first-order chi connectivity index (χ1) is 10.0. The van der Waals surface area contributed by atoms with Crippen LogP contribution in [-0.4, -0.2) is 58.9 Å². The quantitative estimate of drug-likeness (QED) is 0.722. The standard InChI is InChI=1S/C12H20ClN3O4S2/c1-15(2)22(19,20)14-8-9-16(21(3,17)18)10-11-6-4-5-7-12(11)13/h4-7,14H,8-10H2,1-3H3.